The van der Waals surface area contributed by atoms with Crippen molar-refractivity contribution in [1.82, 2.24) is 4.31 Å². The van der Waals surface area contributed by atoms with Crippen molar-refractivity contribution in [2.24, 2.45) is 0 Å². The van der Waals surface area contributed by atoms with Gasteiger partial charge < -0.3 is 0 Å². The summed E-state index contributed by atoms with van der Waals surface area (Å²) >= 11 is 3.19. The van der Waals surface area contributed by atoms with E-state index in [0.29, 0.717) is 18.4 Å². The summed E-state index contributed by atoms with van der Waals surface area (Å²) in [5, 5.41) is 0.486. The first-order valence-electron chi connectivity index (χ1n) is 5.94. The Labute approximate surface area is 120 Å². The second kappa shape index (κ2) is 7.31. The molecule has 0 bridgehead atoms. The fraction of sp³-hybridized carbons (Fsp3) is 0.500. The number of unbranched alkanes of at least 4 members (excludes halogenated alkanes) is 1. The first-order chi connectivity index (χ1) is 8.93. The molecule has 1 aromatic carbocycles. The van der Waals surface area contributed by atoms with E-state index in [-0.39, 0.29) is 4.90 Å². The molecule has 0 fully saturated rings. The summed E-state index contributed by atoms with van der Waals surface area (Å²) in [6, 6.07) is 2.63. The molecular formula is C12H16BrF2NO2S. The zero-order valence-corrected chi connectivity index (χ0v) is 13.0. The average Bonchev–Trinajstić information content (AvgIpc) is 2.37. The number of rotatable bonds is 7. The van der Waals surface area contributed by atoms with Crippen LogP contribution < -0.4 is 0 Å². The van der Waals surface area contributed by atoms with Gasteiger partial charge in [0, 0.05) is 18.4 Å². The van der Waals surface area contributed by atoms with Crippen LogP contribution in [0.4, 0.5) is 8.78 Å². The molecule has 108 valence electrons. The number of hydrogen-bond donors (Lipinski definition) is 0. The number of nitrogens with zero attached hydrogens (tertiary/aromatic N) is 1. The Morgan fingerprint density at radius 1 is 1.21 bits per heavy atom. The second-order valence-corrected chi connectivity index (χ2v) is 6.75. The number of hydrogen-bond acceptors (Lipinski definition) is 2. The number of alkyl halides is 1. The summed E-state index contributed by atoms with van der Waals surface area (Å²) in [5.41, 5.74) is 0. The molecule has 0 unspecified atom stereocenters. The third kappa shape index (κ3) is 4.22. The van der Waals surface area contributed by atoms with Crippen LogP contribution in [0.2, 0.25) is 0 Å². The van der Waals surface area contributed by atoms with Crippen molar-refractivity contribution < 1.29 is 17.2 Å². The molecule has 0 amide bonds. The molecule has 0 aromatic heterocycles. The van der Waals surface area contributed by atoms with E-state index in [4.69, 9.17) is 0 Å². The zero-order valence-electron chi connectivity index (χ0n) is 10.6. The molecule has 0 atom stereocenters. The van der Waals surface area contributed by atoms with Crippen molar-refractivity contribution in [2.45, 2.75) is 24.7 Å². The van der Waals surface area contributed by atoms with E-state index in [1.807, 2.05) is 6.92 Å². The number of sulfonamides is 1. The molecule has 0 radical (unpaired) electrons. The monoisotopic (exact) mass is 355 g/mol. The minimum Gasteiger partial charge on any atom is -0.207 e. The zero-order chi connectivity index (χ0) is 14.5. The molecule has 0 aliphatic rings. The summed E-state index contributed by atoms with van der Waals surface area (Å²) < 4.78 is 51.9. The van der Waals surface area contributed by atoms with Gasteiger partial charge in [0.1, 0.15) is 0 Å². The lowest BCUT2D eigenvalue weighted by Crippen LogP contribution is -2.33. The van der Waals surface area contributed by atoms with Crippen LogP contribution in [0.5, 0.6) is 0 Å². The van der Waals surface area contributed by atoms with Gasteiger partial charge in [-0.3, -0.25) is 0 Å². The summed E-state index contributed by atoms with van der Waals surface area (Å²) in [5.74, 6) is -2.21. The first-order valence-corrected chi connectivity index (χ1v) is 8.50. The van der Waals surface area contributed by atoms with Crippen molar-refractivity contribution in [3.05, 3.63) is 29.8 Å². The van der Waals surface area contributed by atoms with Crippen LogP contribution in [0.3, 0.4) is 0 Å². The highest BCUT2D eigenvalue weighted by Gasteiger charge is 2.24. The molecule has 1 rings (SSSR count). The molecule has 0 N–H and O–H groups in total. The molecule has 0 saturated carbocycles. The lowest BCUT2D eigenvalue weighted by molar-refractivity contribution is 0.421. The highest BCUT2D eigenvalue weighted by Crippen LogP contribution is 2.19. The minimum absolute atomic E-state index is 0.219. The van der Waals surface area contributed by atoms with Crippen molar-refractivity contribution in [3.8, 4) is 0 Å². The molecule has 0 spiro atoms. The highest BCUT2D eigenvalue weighted by atomic mass is 79.9. The van der Waals surface area contributed by atoms with Crippen molar-refractivity contribution in [3.63, 3.8) is 0 Å². The van der Waals surface area contributed by atoms with Crippen LogP contribution in [-0.4, -0.2) is 31.1 Å². The standard InChI is InChI=1S/C12H16BrF2NO2S/c1-2-3-7-16(8-6-13)19(17,18)10-4-5-11(14)12(15)9-10/h4-5,9H,2-3,6-8H2,1H3. The maximum Gasteiger partial charge on any atom is 0.243 e. The van der Waals surface area contributed by atoms with E-state index in [0.717, 1.165) is 31.0 Å². The van der Waals surface area contributed by atoms with E-state index in [9.17, 15) is 17.2 Å². The van der Waals surface area contributed by atoms with Crippen LogP contribution in [0.1, 0.15) is 19.8 Å². The predicted octanol–water partition coefficient (Wildman–Crippen LogP) is 3.15. The summed E-state index contributed by atoms with van der Waals surface area (Å²) in [7, 11) is -3.78. The van der Waals surface area contributed by atoms with E-state index in [1.54, 1.807) is 0 Å². The van der Waals surface area contributed by atoms with E-state index in [2.05, 4.69) is 15.9 Å². The predicted molar refractivity (Wildman–Crippen MR) is 73.8 cm³/mol. The summed E-state index contributed by atoms with van der Waals surface area (Å²) in [6.45, 7) is 2.61. The normalized spacial score (nSPS) is 12.1. The Hall–Kier alpha value is -0.530. The molecular weight excluding hydrogens is 340 g/mol. The van der Waals surface area contributed by atoms with E-state index >= 15 is 0 Å². The quantitative estimate of drug-likeness (QED) is 0.704. The van der Waals surface area contributed by atoms with Gasteiger partial charge in [-0.2, -0.15) is 4.31 Å². The van der Waals surface area contributed by atoms with Crippen LogP contribution >= 0.6 is 15.9 Å². The molecule has 0 saturated heterocycles. The van der Waals surface area contributed by atoms with Gasteiger partial charge in [-0.15, -0.1) is 0 Å². The van der Waals surface area contributed by atoms with Crippen molar-refractivity contribution in [2.75, 3.05) is 18.4 Å². The van der Waals surface area contributed by atoms with Gasteiger partial charge in [0.25, 0.3) is 0 Å². The first kappa shape index (κ1) is 16.5. The number of benzene rings is 1. The van der Waals surface area contributed by atoms with Crippen LogP contribution in [0.15, 0.2) is 23.1 Å². The molecule has 3 nitrogen and oxygen atoms in total. The minimum atomic E-state index is -3.78. The lowest BCUT2D eigenvalue weighted by atomic mass is 10.3. The fourth-order valence-corrected chi connectivity index (χ4v) is 3.72. The van der Waals surface area contributed by atoms with E-state index in [1.165, 1.54) is 4.31 Å². The topological polar surface area (TPSA) is 37.4 Å². The maximum absolute atomic E-state index is 13.1. The largest absolute Gasteiger partial charge is 0.243 e. The summed E-state index contributed by atoms with van der Waals surface area (Å²) in [6.07, 6.45) is 1.57. The van der Waals surface area contributed by atoms with Gasteiger partial charge in [-0.1, -0.05) is 29.3 Å². The molecule has 1 aromatic rings. The van der Waals surface area contributed by atoms with Gasteiger partial charge in [0.05, 0.1) is 4.90 Å². The Morgan fingerprint density at radius 2 is 1.89 bits per heavy atom. The molecule has 0 aliphatic heterocycles. The number of halogens is 3. The lowest BCUT2D eigenvalue weighted by Gasteiger charge is -2.21. The van der Waals surface area contributed by atoms with Crippen LogP contribution in [0, 0.1) is 11.6 Å². The van der Waals surface area contributed by atoms with Crippen LogP contribution in [0.25, 0.3) is 0 Å². The Balaban J connectivity index is 3.07. The average molecular weight is 356 g/mol. The Kier molecular flexibility index (Phi) is 6.35. The molecule has 0 heterocycles. The molecule has 7 heteroatoms. The van der Waals surface area contributed by atoms with Crippen LogP contribution in [-0.2, 0) is 10.0 Å². The summed E-state index contributed by atoms with van der Waals surface area (Å²) in [4.78, 5) is -0.219. The fourth-order valence-electron chi connectivity index (χ4n) is 1.57. The highest BCUT2D eigenvalue weighted by molar-refractivity contribution is 9.09. The SMILES string of the molecule is CCCCN(CCBr)S(=O)(=O)c1ccc(F)c(F)c1. The van der Waals surface area contributed by atoms with Gasteiger partial charge in [0.15, 0.2) is 11.6 Å². The second-order valence-electron chi connectivity index (χ2n) is 4.02. The third-order valence-electron chi connectivity index (χ3n) is 2.62. The van der Waals surface area contributed by atoms with Gasteiger partial charge in [0.2, 0.25) is 10.0 Å². The Morgan fingerprint density at radius 3 is 2.42 bits per heavy atom. The van der Waals surface area contributed by atoms with Gasteiger partial charge in [-0.05, 0) is 24.6 Å². The third-order valence-corrected chi connectivity index (χ3v) is 4.87. The van der Waals surface area contributed by atoms with Crippen molar-refractivity contribution in [1.29, 1.82) is 0 Å². The Bertz CT molecular complexity index is 522. The molecule has 19 heavy (non-hydrogen) atoms. The maximum atomic E-state index is 13.1. The van der Waals surface area contributed by atoms with E-state index < -0.39 is 21.7 Å². The van der Waals surface area contributed by atoms with Crippen molar-refractivity contribution >= 4 is 26.0 Å². The smallest absolute Gasteiger partial charge is 0.207 e. The van der Waals surface area contributed by atoms with Gasteiger partial charge in [-0.25, -0.2) is 17.2 Å². The molecule has 0 aliphatic carbocycles. The van der Waals surface area contributed by atoms with Gasteiger partial charge >= 0.3 is 0 Å².